The molecule has 0 aliphatic rings. The molecule has 0 saturated carbocycles. The quantitative estimate of drug-likeness (QED) is 0.928. The van der Waals surface area contributed by atoms with Crippen molar-refractivity contribution in [2.24, 2.45) is 0 Å². The van der Waals surface area contributed by atoms with Crippen LogP contribution in [-0.4, -0.2) is 21.6 Å². The molecule has 0 unspecified atom stereocenters. The molecule has 8 heteroatoms. The third-order valence-electron chi connectivity index (χ3n) is 1.98. The highest BCUT2D eigenvalue weighted by Crippen LogP contribution is 2.28. The molecule has 0 atom stereocenters. The lowest BCUT2D eigenvalue weighted by Gasteiger charge is -2.07. The SMILES string of the molecule is CCOc1nc(N)nc(Oc2ccc(F)cc2Cl)n1. The Kier molecular flexibility index (Phi) is 3.96. The Morgan fingerprint density at radius 3 is 2.68 bits per heavy atom. The van der Waals surface area contributed by atoms with E-state index in [9.17, 15) is 4.39 Å². The number of rotatable bonds is 4. The lowest BCUT2D eigenvalue weighted by Crippen LogP contribution is -2.04. The number of anilines is 1. The molecular weight excluding hydrogens is 275 g/mol. The maximum absolute atomic E-state index is 12.9. The molecule has 0 radical (unpaired) electrons. The summed E-state index contributed by atoms with van der Waals surface area (Å²) in [4.78, 5) is 11.4. The lowest BCUT2D eigenvalue weighted by atomic mass is 10.3. The Morgan fingerprint density at radius 1 is 1.26 bits per heavy atom. The maximum atomic E-state index is 12.9. The number of nitrogens with two attached hydrogens (primary N) is 1. The Bertz CT molecular complexity index is 597. The van der Waals surface area contributed by atoms with E-state index in [1.165, 1.54) is 12.1 Å². The molecule has 1 aromatic carbocycles. The number of hydrogen-bond donors (Lipinski definition) is 1. The summed E-state index contributed by atoms with van der Waals surface area (Å²) < 4.78 is 23.3. The third-order valence-corrected chi connectivity index (χ3v) is 2.28. The van der Waals surface area contributed by atoms with Gasteiger partial charge in [-0.1, -0.05) is 11.6 Å². The molecule has 0 amide bonds. The number of halogens is 2. The monoisotopic (exact) mass is 284 g/mol. The summed E-state index contributed by atoms with van der Waals surface area (Å²) >= 11 is 5.82. The van der Waals surface area contributed by atoms with Gasteiger partial charge in [0.25, 0.3) is 0 Å². The zero-order valence-corrected chi connectivity index (χ0v) is 10.7. The van der Waals surface area contributed by atoms with Crippen molar-refractivity contribution in [2.75, 3.05) is 12.3 Å². The van der Waals surface area contributed by atoms with E-state index in [1.54, 1.807) is 6.92 Å². The largest absolute Gasteiger partial charge is 0.464 e. The molecule has 100 valence electrons. The van der Waals surface area contributed by atoms with Crippen LogP contribution >= 0.6 is 11.6 Å². The smallest absolute Gasteiger partial charge is 0.330 e. The van der Waals surface area contributed by atoms with Crippen LogP contribution in [-0.2, 0) is 0 Å². The standard InChI is InChI=1S/C11H10ClFN4O2/c1-2-18-10-15-9(14)16-11(17-10)19-8-4-3-6(13)5-7(8)12/h3-5H,2H2,1H3,(H2,14,15,16,17). The minimum absolute atomic E-state index is 0.0447. The lowest BCUT2D eigenvalue weighted by molar-refractivity contribution is 0.304. The van der Waals surface area contributed by atoms with Gasteiger partial charge in [-0.3, -0.25) is 0 Å². The maximum Gasteiger partial charge on any atom is 0.330 e. The Morgan fingerprint density at radius 2 is 2.00 bits per heavy atom. The number of nitrogens with zero attached hydrogens (tertiary/aromatic N) is 3. The van der Waals surface area contributed by atoms with Gasteiger partial charge in [0.1, 0.15) is 11.6 Å². The van der Waals surface area contributed by atoms with Gasteiger partial charge >= 0.3 is 12.0 Å². The Hall–Kier alpha value is -2.15. The van der Waals surface area contributed by atoms with Crippen molar-refractivity contribution in [1.82, 2.24) is 15.0 Å². The van der Waals surface area contributed by atoms with Gasteiger partial charge in [0, 0.05) is 0 Å². The van der Waals surface area contributed by atoms with Crippen LogP contribution in [0.15, 0.2) is 18.2 Å². The summed E-state index contributed by atoms with van der Waals surface area (Å²) in [6.45, 7) is 2.15. The van der Waals surface area contributed by atoms with E-state index >= 15 is 0 Å². The van der Waals surface area contributed by atoms with E-state index in [2.05, 4.69) is 15.0 Å². The molecule has 0 saturated heterocycles. The van der Waals surface area contributed by atoms with Crippen molar-refractivity contribution in [3.05, 3.63) is 29.0 Å². The van der Waals surface area contributed by atoms with Gasteiger partial charge in [-0.15, -0.1) is 4.98 Å². The molecular formula is C11H10ClFN4O2. The molecule has 0 bridgehead atoms. The highest BCUT2D eigenvalue weighted by atomic mass is 35.5. The first kappa shape index (κ1) is 13.3. The fraction of sp³-hybridized carbons (Fsp3) is 0.182. The Labute approximate surface area is 113 Å². The van der Waals surface area contributed by atoms with Crippen LogP contribution in [0.5, 0.6) is 17.8 Å². The van der Waals surface area contributed by atoms with Crippen LogP contribution in [0.2, 0.25) is 5.02 Å². The molecule has 19 heavy (non-hydrogen) atoms. The zero-order chi connectivity index (χ0) is 13.8. The first-order valence-electron chi connectivity index (χ1n) is 5.35. The van der Waals surface area contributed by atoms with Gasteiger partial charge in [0.15, 0.2) is 0 Å². The highest BCUT2D eigenvalue weighted by molar-refractivity contribution is 6.32. The van der Waals surface area contributed by atoms with E-state index < -0.39 is 5.82 Å². The van der Waals surface area contributed by atoms with E-state index in [0.29, 0.717) is 6.61 Å². The summed E-state index contributed by atoms with van der Waals surface area (Å²) in [7, 11) is 0. The number of benzene rings is 1. The van der Waals surface area contributed by atoms with E-state index in [4.69, 9.17) is 26.8 Å². The van der Waals surface area contributed by atoms with Crippen LogP contribution in [0.25, 0.3) is 0 Å². The van der Waals surface area contributed by atoms with Crippen molar-refractivity contribution in [2.45, 2.75) is 6.92 Å². The molecule has 6 nitrogen and oxygen atoms in total. The molecule has 1 aromatic heterocycles. The third kappa shape index (κ3) is 3.41. The molecule has 0 aliphatic carbocycles. The van der Waals surface area contributed by atoms with Gasteiger partial charge in [0.2, 0.25) is 5.95 Å². The average Bonchev–Trinajstić information content (AvgIpc) is 2.32. The van der Waals surface area contributed by atoms with Gasteiger partial charge in [0.05, 0.1) is 11.6 Å². The van der Waals surface area contributed by atoms with Crippen molar-refractivity contribution in [3.8, 4) is 17.8 Å². The van der Waals surface area contributed by atoms with Gasteiger partial charge in [-0.05, 0) is 25.1 Å². The molecule has 0 aliphatic heterocycles. The van der Waals surface area contributed by atoms with E-state index in [1.807, 2.05) is 0 Å². The summed E-state index contributed by atoms with van der Waals surface area (Å²) in [5, 5.41) is 0.0944. The zero-order valence-electron chi connectivity index (χ0n) is 9.93. The molecule has 0 fully saturated rings. The van der Waals surface area contributed by atoms with Crippen LogP contribution in [0.1, 0.15) is 6.92 Å². The summed E-state index contributed by atoms with van der Waals surface area (Å²) in [5.74, 6) is -0.315. The molecule has 2 rings (SSSR count). The van der Waals surface area contributed by atoms with E-state index in [0.717, 1.165) is 6.07 Å². The number of ether oxygens (including phenoxy) is 2. The fourth-order valence-corrected chi connectivity index (χ4v) is 1.45. The first-order chi connectivity index (χ1) is 9.08. The van der Waals surface area contributed by atoms with Crippen LogP contribution in [0.4, 0.5) is 10.3 Å². The van der Waals surface area contributed by atoms with Gasteiger partial charge in [-0.25, -0.2) is 4.39 Å². The minimum Gasteiger partial charge on any atom is -0.464 e. The van der Waals surface area contributed by atoms with Crippen LogP contribution < -0.4 is 15.2 Å². The first-order valence-corrected chi connectivity index (χ1v) is 5.73. The number of aromatic nitrogens is 3. The minimum atomic E-state index is -0.470. The molecule has 0 spiro atoms. The van der Waals surface area contributed by atoms with Crippen molar-refractivity contribution in [1.29, 1.82) is 0 Å². The molecule has 1 heterocycles. The molecule has 2 aromatic rings. The van der Waals surface area contributed by atoms with Crippen molar-refractivity contribution < 1.29 is 13.9 Å². The second-order valence-corrected chi connectivity index (χ2v) is 3.78. The summed E-state index contributed by atoms with van der Waals surface area (Å²) in [5.41, 5.74) is 5.49. The fourth-order valence-electron chi connectivity index (χ4n) is 1.25. The van der Waals surface area contributed by atoms with Gasteiger partial charge < -0.3 is 15.2 Å². The second kappa shape index (κ2) is 5.66. The normalized spacial score (nSPS) is 10.3. The summed E-state index contributed by atoms with van der Waals surface area (Å²) in [6, 6.07) is 3.64. The number of nitrogen functional groups attached to an aromatic ring is 1. The van der Waals surface area contributed by atoms with Crippen LogP contribution in [0, 0.1) is 5.82 Å². The number of hydrogen-bond acceptors (Lipinski definition) is 6. The van der Waals surface area contributed by atoms with Crippen molar-refractivity contribution in [3.63, 3.8) is 0 Å². The van der Waals surface area contributed by atoms with Crippen LogP contribution in [0.3, 0.4) is 0 Å². The predicted molar refractivity (Wildman–Crippen MR) is 66.9 cm³/mol. The second-order valence-electron chi connectivity index (χ2n) is 3.37. The van der Waals surface area contributed by atoms with E-state index in [-0.39, 0.29) is 28.7 Å². The van der Waals surface area contributed by atoms with Gasteiger partial charge in [-0.2, -0.15) is 9.97 Å². The highest BCUT2D eigenvalue weighted by Gasteiger charge is 2.10. The molecule has 2 N–H and O–H groups in total. The summed E-state index contributed by atoms with van der Waals surface area (Å²) in [6.07, 6.45) is 0. The van der Waals surface area contributed by atoms with Crippen molar-refractivity contribution >= 4 is 17.5 Å². The topological polar surface area (TPSA) is 83.2 Å². The Balaban J connectivity index is 2.27. The predicted octanol–water partition coefficient (Wildman–Crippen LogP) is 2.44. The average molecular weight is 285 g/mol.